The smallest absolute Gasteiger partial charge is 0.276 e. The second-order valence-corrected chi connectivity index (χ2v) is 8.68. The maximum absolute atomic E-state index is 13.2. The van der Waals surface area contributed by atoms with Crippen molar-refractivity contribution >= 4 is 17.3 Å². The molecule has 1 aromatic heterocycles. The largest absolute Gasteiger partial charge is 0.369 e. The molecule has 2 aromatic carbocycles. The SMILES string of the molecule is O=C(Nc1cccc(N2CCN(CC3CC3)CC2)c1)c1ccc(=O)n(-c2ccc(F)cc2)n1. The molecule has 0 unspecified atom stereocenters. The zero-order chi connectivity index (χ0) is 22.8. The molecule has 8 heteroatoms. The molecule has 1 saturated carbocycles. The molecule has 3 aromatic rings. The lowest BCUT2D eigenvalue weighted by Crippen LogP contribution is -2.47. The third-order valence-corrected chi connectivity index (χ3v) is 6.16. The number of anilines is 2. The number of nitrogens with one attached hydrogen (secondary N) is 1. The van der Waals surface area contributed by atoms with Gasteiger partial charge in [-0.2, -0.15) is 9.78 Å². The first-order valence-electron chi connectivity index (χ1n) is 11.3. The summed E-state index contributed by atoms with van der Waals surface area (Å²) < 4.78 is 14.3. The van der Waals surface area contributed by atoms with Crippen LogP contribution in [0.25, 0.3) is 5.69 Å². The van der Waals surface area contributed by atoms with Gasteiger partial charge in [-0.3, -0.25) is 14.5 Å². The molecule has 33 heavy (non-hydrogen) atoms. The normalized spacial score (nSPS) is 16.6. The van der Waals surface area contributed by atoms with Crippen LogP contribution in [-0.4, -0.2) is 53.3 Å². The third-order valence-electron chi connectivity index (χ3n) is 6.16. The number of amides is 1. The number of carbonyl (C=O) groups is 1. The van der Waals surface area contributed by atoms with Crippen molar-refractivity contribution in [1.29, 1.82) is 0 Å². The van der Waals surface area contributed by atoms with E-state index >= 15 is 0 Å². The van der Waals surface area contributed by atoms with Crippen LogP contribution in [0, 0.1) is 11.7 Å². The number of piperazine rings is 1. The van der Waals surface area contributed by atoms with Crippen LogP contribution in [0.1, 0.15) is 23.3 Å². The van der Waals surface area contributed by atoms with Crippen molar-refractivity contribution in [3.63, 3.8) is 0 Å². The maximum Gasteiger partial charge on any atom is 0.276 e. The highest BCUT2D eigenvalue weighted by molar-refractivity contribution is 6.03. The molecule has 1 aliphatic carbocycles. The van der Waals surface area contributed by atoms with Crippen molar-refractivity contribution in [2.75, 3.05) is 42.9 Å². The number of carbonyl (C=O) groups excluding carboxylic acids is 1. The first-order valence-corrected chi connectivity index (χ1v) is 11.3. The van der Waals surface area contributed by atoms with E-state index in [4.69, 9.17) is 0 Å². The van der Waals surface area contributed by atoms with Crippen molar-refractivity contribution in [3.8, 4) is 5.69 Å². The molecule has 170 valence electrons. The average molecular weight is 448 g/mol. The number of hydrogen-bond donors (Lipinski definition) is 1. The van der Waals surface area contributed by atoms with Gasteiger partial charge in [0.15, 0.2) is 0 Å². The fraction of sp³-hybridized carbons (Fsp3) is 0.320. The molecule has 0 spiro atoms. The predicted octanol–water partition coefficient (Wildman–Crippen LogP) is 3.16. The highest BCUT2D eigenvalue weighted by Crippen LogP contribution is 2.30. The van der Waals surface area contributed by atoms with Crippen LogP contribution in [-0.2, 0) is 0 Å². The van der Waals surface area contributed by atoms with Gasteiger partial charge in [0.1, 0.15) is 11.5 Å². The molecule has 2 aliphatic rings. The van der Waals surface area contributed by atoms with E-state index in [0.29, 0.717) is 11.4 Å². The summed E-state index contributed by atoms with van der Waals surface area (Å²) in [5, 5.41) is 7.05. The van der Waals surface area contributed by atoms with Crippen LogP contribution in [0.2, 0.25) is 0 Å². The molecule has 1 amide bonds. The van der Waals surface area contributed by atoms with Gasteiger partial charge >= 0.3 is 0 Å². The van der Waals surface area contributed by atoms with Crippen LogP contribution in [0.3, 0.4) is 0 Å². The van der Waals surface area contributed by atoms with Gasteiger partial charge in [0.05, 0.1) is 5.69 Å². The molecule has 0 atom stereocenters. The summed E-state index contributed by atoms with van der Waals surface area (Å²) in [6.45, 7) is 5.27. The van der Waals surface area contributed by atoms with E-state index in [1.165, 1.54) is 55.8 Å². The lowest BCUT2D eigenvalue weighted by atomic mass is 10.2. The van der Waals surface area contributed by atoms with E-state index < -0.39 is 17.3 Å². The van der Waals surface area contributed by atoms with E-state index in [2.05, 4.69) is 26.3 Å². The summed E-state index contributed by atoms with van der Waals surface area (Å²) >= 11 is 0. The Bertz CT molecular complexity index is 1200. The van der Waals surface area contributed by atoms with E-state index in [1.807, 2.05) is 18.2 Å². The zero-order valence-electron chi connectivity index (χ0n) is 18.3. The van der Waals surface area contributed by atoms with Gasteiger partial charge in [0.2, 0.25) is 0 Å². The van der Waals surface area contributed by atoms with Crippen molar-refractivity contribution in [2.24, 2.45) is 5.92 Å². The molecular weight excluding hydrogens is 421 g/mol. The van der Waals surface area contributed by atoms with Gasteiger partial charge in [0.25, 0.3) is 11.5 Å². The molecule has 1 aliphatic heterocycles. The quantitative estimate of drug-likeness (QED) is 0.629. The summed E-state index contributed by atoms with van der Waals surface area (Å²) in [5.74, 6) is 0.0725. The third kappa shape index (κ3) is 5.12. The summed E-state index contributed by atoms with van der Waals surface area (Å²) in [4.78, 5) is 29.9. The average Bonchev–Trinajstić information content (AvgIpc) is 3.65. The van der Waals surface area contributed by atoms with Crippen LogP contribution >= 0.6 is 0 Å². The van der Waals surface area contributed by atoms with Crippen molar-refractivity contribution in [1.82, 2.24) is 14.7 Å². The Morgan fingerprint density at radius 3 is 2.45 bits per heavy atom. The number of hydrogen-bond acceptors (Lipinski definition) is 5. The van der Waals surface area contributed by atoms with Gasteiger partial charge in [-0.15, -0.1) is 0 Å². The molecule has 7 nitrogen and oxygen atoms in total. The minimum absolute atomic E-state index is 0.0954. The summed E-state index contributed by atoms with van der Waals surface area (Å²) in [5.41, 5.74) is 1.82. The molecule has 2 fully saturated rings. The van der Waals surface area contributed by atoms with E-state index in [9.17, 15) is 14.0 Å². The van der Waals surface area contributed by atoms with E-state index in [1.54, 1.807) is 0 Å². The van der Waals surface area contributed by atoms with Crippen LogP contribution in [0.15, 0.2) is 65.5 Å². The number of rotatable bonds is 6. The molecule has 2 heterocycles. The van der Waals surface area contributed by atoms with Gasteiger partial charge in [-0.25, -0.2) is 4.39 Å². The fourth-order valence-electron chi connectivity index (χ4n) is 4.13. The Morgan fingerprint density at radius 2 is 1.73 bits per heavy atom. The minimum Gasteiger partial charge on any atom is -0.369 e. The zero-order valence-corrected chi connectivity index (χ0v) is 18.3. The number of halogens is 1. The molecule has 1 saturated heterocycles. The summed E-state index contributed by atoms with van der Waals surface area (Å²) in [6, 6.07) is 15.8. The highest BCUT2D eigenvalue weighted by atomic mass is 19.1. The van der Waals surface area contributed by atoms with Crippen LogP contribution in [0.4, 0.5) is 15.8 Å². The highest BCUT2D eigenvalue weighted by Gasteiger charge is 2.26. The fourth-order valence-corrected chi connectivity index (χ4v) is 4.13. The lowest BCUT2D eigenvalue weighted by Gasteiger charge is -2.36. The first-order chi connectivity index (χ1) is 16.0. The van der Waals surface area contributed by atoms with Crippen molar-refractivity contribution < 1.29 is 9.18 Å². The lowest BCUT2D eigenvalue weighted by molar-refractivity contribution is 0.102. The van der Waals surface area contributed by atoms with Crippen molar-refractivity contribution in [2.45, 2.75) is 12.8 Å². The van der Waals surface area contributed by atoms with Gasteiger partial charge in [-0.05, 0) is 67.3 Å². The Labute approximate surface area is 191 Å². The Hall–Kier alpha value is -3.52. The Balaban J connectivity index is 1.27. The molecule has 5 rings (SSSR count). The first kappa shape index (κ1) is 21.3. The van der Waals surface area contributed by atoms with Gasteiger partial charge in [-0.1, -0.05) is 6.07 Å². The van der Waals surface area contributed by atoms with E-state index in [0.717, 1.165) is 42.5 Å². The number of benzene rings is 2. The maximum atomic E-state index is 13.2. The van der Waals surface area contributed by atoms with Gasteiger partial charge in [0, 0.05) is 50.2 Å². The van der Waals surface area contributed by atoms with Crippen LogP contribution in [0.5, 0.6) is 0 Å². The minimum atomic E-state index is -0.419. The monoisotopic (exact) mass is 447 g/mol. The molecular formula is C25H26FN5O2. The number of nitrogens with zero attached hydrogens (tertiary/aromatic N) is 4. The standard InChI is InChI=1S/C25H26FN5O2/c26-19-6-8-21(9-7-19)31-24(32)11-10-23(28-31)25(33)27-20-2-1-3-22(16-20)30-14-12-29(13-15-30)17-18-4-5-18/h1-3,6-11,16,18H,4-5,12-15,17H2,(H,27,33). The number of aromatic nitrogens is 2. The van der Waals surface area contributed by atoms with Crippen molar-refractivity contribution in [3.05, 3.63) is 82.5 Å². The summed E-state index contributed by atoms with van der Waals surface area (Å²) in [7, 11) is 0. The second-order valence-electron chi connectivity index (χ2n) is 8.68. The molecule has 0 bridgehead atoms. The predicted molar refractivity (Wildman–Crippen MR) is 126 cm³/mol. The van der Waals surface area contributed by atoms with Crippen LogP contribution < -0.4 is 15.8 Å². The second kappa shape index (κ2) is 9.15. The topological polar surface area (TPSA) is 70.5 Å². The summed E-state index contributed by atoms with van der Waals surface area (Å²) in [6.07, 6.45) is 2.75. The Kier molecular flexibility index (Phi) is 5.92. The van der Waals surface area contributed by atoms with E-state index in [-0.39, 0.29) is 5.69 Å². The van der Waals surface area contributed by atoms with Gasteiger partial charge < -0.3 is 10.2 Å². The molecule has 1 N–H and O–H groups in total. The molecule has 0 radical (unpaired) electrons. The Morgan fingerprint density at radius 1 is 0.970 bits per heavy atom.